The Bertz CT molecular complexity index is 411. The second-order valence-electron chi connectivity index (χ2n) is 4.98. The van der Waals surface area contributed by atoms with Crippen molar-refractivity contribution in [2.75, 3.05) is 25.1 Å². The van der Waals surface area contributed by atoms with E-state index in [9.17, 15) is 0 Å². The highest BCUT2D eigenvalue weighted by atomic mass is 79.9. The molecule has 1 aromatic rings. The van der Waals surface area contributed by atoms with Crippen molar-refractivity contribution in [2.45, 2.75) is 26.0 Å². The molecule has 1 fully saturated rings. The quantitative estimate of drug-likeness (QED) is 0.932. The number of nitrogens with zero attached hydrogens (tertiary/aromatic N) is 1. The van der Waals surface area contributed by atoms with Crippen molar-refractivity contribution in [3.05, 3.63) is 28.2 Å². The fourth-order valence-corrected chi connectivity index (χ4v) is 3.17. The first-order chi connectivity index (χ1) is 8.65. The number of benzene rings is 1. The number of hydrogen-bond acceptors (Lipinski definition) is 3. The summed E-state index contributed by atoms with van der Waals surface area (Å²) in [7, 11) is 1.80. The Balaban J connectivity index is 2.16. The van der Waals surface area contributed by atoms with Gasteiger partial charge in [0.25, 0.3) is 0 Å². The number of rotatable bonds is 3. The predicted molar refractivity (Wildman–Crippen MR) is 78.8 cm³/mol. The highest BCUT2D eigenvalue weighted by molar-refractivity contribution is 9.10. The van der Waals surface area contributed by atoms with Gasteiger partial charge in [-0.05, 0) is 46.0 Å². The molecule has 0 radical (unpaired) electrons. The van der Waals surface area contributed by atoms with Crippen molar-refractivity contribution in [3.63, 3.8) is 0 Å². The Morgan fingerprint density at radius 2 is 2.28 bits per heavy atom. The monoisotopic (exact) mass is 312 g/mol. The number of anilines is 1. The number of methoxy groups -OCH3 is 1. The Labute approximate surface area is 117 Å². The molecule has 0 saturated carbocycles. The molecule has 1 aromatic carbocycles. The van der Waals surface area contributed by atoms with Gasteiger partial charge in [0.05, 0.1) is 11.8 Å². The third kappa shape index (κ3) is 2.87. The Morgan fingerprint density at radius 3 is 2.89 bits per heavy atom. The molecule has 2 N–H and O–H groups in total. The van der Waals surface area contributed by atoms with E-state index < -0.39 is 0 Å². The lowest BCUT2D eigenvalue weighted by Gasteiger charge is -2.38. The molecule has 1 aliphatic heterocycles. The lowest BCUT2D eigenvalue weighted by atomic mass is 9.95. The molecule has 2 rings (SSSR count). The van der Waals surface area contributed by atoms with Crippen LogP contribution in [0.3, 0.4) is 0 Å². The smallest absolute Gasteiger partial charge is 0.0772 e. The van der Waals surface area contributed by atoms with E-state index in [2.05, 4.69) is 46.0 Å². The number of halogens is 1. The number of piperidine rings is 1. The van der Waals surface area contributed by atoms with Crippen LogP contribution < -0.4 is 10.6 Å². The average Bonchev–Trinajstić information content (AvgIpc) is 2.39. The van der Waals surface area contributed by atoms with Crippen molar-refractivity contribution >= 4 is 21.6 Å². The van der Waals surface area contributed by atoms with Gasteiger partial charge in [-0.2, -0.15) is 0 Å². The van der Waals surface area contributed by atoms with Gasteiger partial charge in [-0.3, -0.25) is 0 Å². The standard InChI is InChI=1S/C14H21BrN2O/c1-10-5-6-17(9-14(10)18-2)13-4-3-11(8-16)7-12(13)15/h3-4,7,10,14H,5-6,8-9,16H2,1-2H3. The fourth-order valence-electron chi connectivity index (χ4n) is 2.49. The highest BCUT2D eigenvalue weighted by Gasteiger charge is 2.26. The molecule has 2 atom stereocenters. The molecule has 1 saturated heterocycles. The number of nitrogens with two attached hydrogens (primary N) is 1. The molecule has 0 bridgehead atoms. The summed E-state index contributed by atoms with van der Waals surface area (Å²) in [6.07, 6.45) is 1.49. The predicted octanol–water partition coefficient (Wildman–Crippen LogP) is 2.77. The van der Waals surface area contributed by atoms with Gasteiger partial charge in [0.15, 0.2) is 0 Å². The van der Waals surface area contributed by atoms with Crippen LogP contribution in [0.4, 0.5) is 5.69 Å². The van der Waals surface area contributed by atoms with E-state index >= 15 is 0 Å². The molecular formula is C14H21BrN2O. The second kappa shape index (κ2) is 6.04. The number of ether oxygens (including phenoxy) is 1. The SMILES string of the molecule is COC1CN(c2ccc(CN)cc2Br)CCC1C. The maximum Gasteiger partial charge on any atom is 0.0772 e. The average molecular weight is 313 g/mol. The fraction of sp³-hybridized carbons (Fsp3) is 0.571. The first-order valence-corrected chi connectivity index (χ1v) is 7.21. The van der Waals surface area contributed by atoms with Crippen molar-refractivity contribution in [2.24, 2.45) is 11.7 Å². The lowest BCUT2D eigenvalue weighted by Crippen LogP contribution is -2.44. The summed E-state index contributed by atoms with van der Waals surface area (Å²) in [5, 5.41) is 0. The topological polar surface area (TPSA) is 38.5 Å². The molecule has 0 amide bonds. The largest absolute Gasteiger partial charge is 0.379 e. The zero-order valence-corrected chi connectivity index (χ0v) is 12.6. The molecule has 3 nitrogen and oxygen atoms in total. The molecule has 0 aromatic heterocycles. The second-order valence-corrected chi connectivity index (χ2v) is 5.83. The van der Waals surface area contributed by atoms with Crippen LogP contribution in [0.25, 0.3) is 0 Å². The van der Waals surface area contributed by atoms with Crippen LogP contribution in [0, 0.1) is 5.92 Å². The number of hydrogen-bond donors (Lipinski definition) is 1. The van der Waals surface area contributed by atoms with Crippen molar-refractivity contribution < 1.29 is 4.74 Å². The first kappa shape index (κ1) is 13.8. The van der Waals surface area contributed by atoms with Crippen molar-refractivity contribution in [3.8, 4) is 0 Å². The molecule has 18 heavy (non-hydrogen) atoms. The van der Waals surface area contributed by atoms with Gasteiger partial charge >= 0.3 is 0 Å². The summed E-state index contributed by atoms with van der Waals surface area (Å²) >= 11 is 3.64. The van der Waals surface area contributed by atoms with Crippen LogP contribution in [-0.4, -0.2) is 26.3 Å². The minimum absolute atomic E-state index is 0.319. The van der Waals surface area contributed by atoms with Crippen LogP contribution in [0.2, 0.25) is 0 Å². The summed E-state index contributed by atoms with van der Waals surface area (Å²) in [6, 6.07) is 6.35. The maximum absolute atomic E-state index is 5.65. The van der Waals surface area contributed by atoms with Crippen molar-refractivity contribution in [1.29, 1.82) is 0 Å². The molecule has 0 aliphatic carbocycles. The van der Waals surface area contributed by atoms with E-state index in [1.165, 1.54) is 12.1 Å². The zero-order chi connectivity index (χ0) is 13.1. The van der Waals surface area contributed by atoms with Crippen LogP contribution in [-0.2, 0) is 11.3 Å². The third-order valence-corrected chi connectivity index (χ3v) is 4.42. The zero-order valence-electron chi connectivity index (χ0n) is 11.0. The first-order valence-electron chi connectivity index (χ1n) is 6.42. The van der Waals surface area contributed by atoms with Crippen LogP contribution in [0.15, 0.2) is 22.7 Å². The van der Waals surface area contributed by atoms with Gasteiger partial charge in [0, 0.05) is 31.2 Å². The highest BCUT2D eigenvalue weighted by Crippen LogP contribution is 2.31. The Hall–Kier alpha value is -0.580. The van der Waals surface area contributed by atoms with Gasteiger partial charge in [-0.25, -0.2) is 0 Å². The normalized spacial score (nSPS) is 24.3. The van der Waals surface area contributed by atoms with E-state index in [1.807, 2.05) is 0 Å². The van der Waals surface area contributed by atoms with Gasteiger partial charge in [-0.15, -0.1) is 0 Å². The molecule has 0 spiro atoms. The summed E-state index contributed by atoms with van der Waals surface area (Å²) in [5.41, 5.74) is 8.04. The van der Waals surface area contributed by atoms with E-state index in [0.29, 0.717) is 18.6 Å². The molecule has 2 unspecified atom stereocenters. The van der Waals surface area contributed by atoms with Crippen molar-refractivity contribution in [1.82, 2.24) is 0 Å². The molecule has 1 heterocycles. The van der Waals surface area contributed by atoms with Crippen LogP contribution in [0.1, 0.15) is 18.9 Å². The van der Waals surface area contributed by atoms with E-state index in [-0.39, 0.29) is 0 Å². The molecule has 1 aliphatic rings. The van der Waals surface area contributed by atoms with Crippen LogP contribution in [0.5, 0.6) is 0 Å². The van der Waals surface area contributed by atoms with Gasteiger partial charge in [0.1, 0.15) is 0 Å². The summed E-state index contributed by atoms with van der Waals surface area (Å²) in [4.78, 5) is 2.39. The van der Waals surface area contributed by atoms with Gasteiger partial charge < -0.3 is 15.4 Å². The summed E-state index contributed by atoms with van der Waals surface area (Å²) in [5.74, 6) is 0.633. The Kier molecular flexibility index (Phi) is 4.65. The van der Waals surface area contributed by atoms with E-state index in [1.54, 1.807) is 7.11 Å². The summed E-state index contributed by atoms with van der Waals surface area (Å²) in [6.45, 7) is 4.88. The maximum atomic E-state index is 5.65. The van der Waals surface area contributed by atoms with Gasteiger partial charge in [0.2, 0.25) is 0 Å². The minimum atomic E-state index is 0.319. The third-order valence-electron chi connectivity index (χ3n) is 3.78. The van der Waals surface area contributed by atoms with E-state index in [0.717, 1.165) is 23.1 Å². The molecular weight excluding hydrogens is 292 g/mol. The molecule has 4 heteroatoms. The summed E-state index contributed by atoms with van der Waals surface area (Å²) < 4.78 is 6.68. The van der Waals surface area contributed by atoms with Crippen LogP contribution >= 0.6 is 15.9 Å². The lowest BCUT2D eigenvalue weighted by molar-refractivity contribution is 0.0498. The Morgan fingerprint density at radius 1 is 1.50 bits per heavy atom. The minimum Gasteiger partial charge on any atom is -0.379 e. The van der Waals surface area contributed by atoms with E-state index in [4.69, 9.17) is 10.5 Å². The van der Waals surface area contributed by atoms with Gasteiger partial charge in [-0.1, -0.05) is 13.0 Å². The molecule has 100 valence electrons.